The number of rotatable bonds is 2. The summed E-state index contributed by atoms with van der Waals surface area (Å²) < 4.78 is 13.2. The fourth-order valence-electron chi connectivity index (χ4n) is 2.25. The molecule has 3 nitrogen and oxygen atoms in total. The second-order valence-corrected chi connectivity index (χ2v) is 7.79. The molecule has 6 heteroatoms. The summed E-state index contributed by atoms with van der Waals surface area (Å²) in [5.41, 5.74) is 0.787. The molecule has 0 saturated heterocycles. The summed E-state index contributed by atoms with van der Waals surface area (Å²) in [4.78, 5) is 1.09. The molecule has 1 unspecified atom stereocenters. The molecule has 0 amide bonds. The van der Waals surface area contributed by atoms with Crippen molar-refractivity contribution in [3.8, 4) is 11.5 Å². The van der Waals surface area contributed by atoms with Gasteiger partial charge in [0.05, 0.1) is 17.0 Å². The number of benzene rings is 1. The Hall–Kier alpha value is -0.560. The van der Waals surface area contributed by atoms with E-state index < -0.39 is 6.10 Å². The topological polar surface area (TPSA) is 38.7 Å². The van der Waals surface area contributed by atoms with Gasteiger partial charge in [-0.1, -0.05) is 0 Å². The summed E-state index contributed by atoms with van der Waals surface area (Å²) in [6.07, 6.45) is -0.128. The molecule has 0 fully saturated rings. The van der Waals surface area contributed by atoms with E-state index in [0.29, 0.717) is 6.42 Å². The number of halogens is 2. The van der Waals surface area contributed by atoms with Gasteiger partial charge in [-0.2, -0.15) is 0 Å². The van der Waals surface area contributed by atoms with Crippen molar-refractivity contribution < 1.29 is 14.6 Å². The van der Waals surface area contributed by atoms with Crippen LogP contribution in [0.5, 0.6) is 11.5 Å². The molecule has 0 radical (unpaired) electrons. The van der Waals surface area contributed by atoms with Crippen molar-refractivity contribution >= 4 is 43.2 Å². The molecule has 20 heavy (non-hydrogen) atoms. The zero-order chi connectivity index (χ0) is 14.3. The fourth-order valence-corrected chi connectivity index (χ4v) is 4.38. The molecule has 1 aliphatic rings. The molecule has 2 heterocycles. The van der Waals surface area contributed by atoms with Crippen LogP contribution in [0, 0.1) is 0 Å². The normalized spacial score (nSPS) is 21.2. The number of aliphatic hydroxyl groups excluding tert-OH is 1. The molecular formula is C14H12Br2O3S. The number of hydrogen-bond donors (Lipinski definition) is 1. The first-order valence-electron chi connectivity index (χ1n) is 6.06. The van der Waals surface area contributed by atoms with Crippen LogP contribution in [0.3, 0.4) is 0 Å². The van der Waals surface area contributed by atoms with E-state index >= 15 is 0 Å². The molecule has 0 aliphatic carbocycles. The maximum absolute atomic E-state index is 10.3. The van der Waals surface area contributed by atoms with Crippen LogP contribution in [0.4, 0.5) is 0 Å². The van der Waals surface area contributed by atoms with Crippen LogP contribution in [0.1, 0.15) is 29.1 Å². The number of methoxy groups -OCH3 is 1. The van der Waals surface area contributed by atoms with Gasteiger partial charge in [-0.05, 0) is 56.1 Å². The average molecular weight is 420 g/mol. The van der Waals surface area contributed by atoms with Gasteiger partial charge in [0.1, 0.15) is 17.6 Å². The van der Waals surface area contributed by atoms with Crippen molar-refractivity contribution in [1.82, 2.24) is 0 Å². The van der Waals surface area contributed by atoms with Crippen LogP contribution in [0.25, 0.3) is 0 Å². The van der Waals surface area contributed by atoms with E-state index in [4.69, 9.17) is 9.47 Å². The Morgan fingerprint density at radius 1 is 1.35 bits per heavy atom. The highest BCUT2D eigenvalue weighted by Gasteiger charge is 2.29. The van der Waals surface area contributed by atoms with Crippen molar-refractivity contribution in [2.75, 3.05) is 7.11 Å². The van der Waals surface area contributed by atoms with Crippen molar-refractivity contribution in [3.63, 3.8) is 0 Å². The Balaban J connectivity index is 1.92. The minimum absolute atomic E-state index is 0.126. The van der Waals surface area contributed by atoms with E-state index in [-0.39, 0.29) is 6.10 Å². The molecule has 0 spiro atoms. The summed E-state index contributed by atoms with van der Waals surface area (Å²) in [6.45, 7) is 0. The smallest absolute Gasteiger partial charge is 0.136 e. The van der Waals surface area contributed by atoms with E-state index in [1.54, 1.807) is 18.4 Å². The maximum atomic E-state index is 10.3. The van der Waals surface area contributed by atoms with Crippen LogP contribution < -0.4 is 9.47 Å². The third-order valence-electron chi connectivity index (χ3n) is 3.26. The maximum Gasteiger partial charge on any atom is 0.136 e. The van der Waals surface area contributed by atoms with Crippen LogP contribution in [-0.4, -0.2) is 12.2 Å². The Morgan fingerprint density at radius 3 is 2.80 bits per heavy atom. The van der Waals surface area contributed by atoms with E-state index in [2.05, 4.69) is 31.9 Å². The Labute approximate surface area is 137 Å². The molecule has 106 valence electrons. The molecule has 1 aromatic heterocycles. The van der Waals surface area contributed by atoms with E-state index in [1.165, 1.54) is 0 Å². The minimum atomic E-state index is -0.543. The summed E-state index contributed by atoms with van der Waals surface area (Å²) in [7, 11) is 1.61. The third kappa shape index (κ3) is 2.62. The van der Waals surface area contributed by atoms with Crippen molar-refractivity contribution in [2.45, 2.75) is 18.6 Å². The first-order chi connectivity index (χ1) is 9.58. The number of hydrogen-bond acceptors (Lipinski definition) is 4. The van der Waals surface area contributed by atoms with Gasteiger partial charge in [0.25, 0.3) is 0 Å². The van der Waals surface area contributed by atoms with Gasteiger partial charge in [0.2, 0.25) is 0 Å². The zero-order valence-electron chi connectivity index (χ0n) is 10.6. The molecule has 0 saturated carbocycles. The molecule has 3 rings (SSSR count). The van der Waals surface area contributed by atoms with Gasteiger partial charge in [0.15, 0.2) is 0 Å². The molecular weight excluding hydrogens is 408 g/mol. The average Bonchev–Trinajstić information content (AvgIpc) is 2.78. The lowest BCUT2D eigenvalue weighted by Gasteiger charge is -2.29. The predicted octanol–water partition coefficient (Wildman–Crippen LogP) is 4.84. The Bertz CT molecular complexity index is 622. The van der Waals surface area contributed by atoms with Crippen LogP contribution in [0.15, 0.2) is 32.5 Å². The molecule has 1 aliphatic heterocycles. The van der Waals surface area contributed by atoms with Gasteiger partial charge in [-0.3, -0.25) is 0 Å². The highest BCUT2D eigenvalue weighted by molar-refractivity contribution is 9.13. The van der Waals surface area contributed by atoms with Gasteiger partial charge >= 0.3 is 0 Å². The second kappa shape index (κ2) is 5.67. The number of fused-ring (bicyclic) bond motifs is 1. The number of thiophene rings is 1. The highest BCUT2D eigenvalue weighted by Crippen LogP contribution is 2.45. The first kappa shape index (κ1) is 14.4. The van der Waals surface area contributed by atoms with Crippen molar-refractivity contribution in [2.24, 2.45) is 0 Å². The van der Waals surface area contributed by atoms with Gasteiger partial charge < -0.3 is 14.6 Å². The molecule has 2 aromatic rings. The summed E-state index contributed by atoms with van der Waals surface area (Å²) in [6, 6.07) is 7.55. The number of aliphatic hydroxyl groups is 1. The van der Waals surface area contributed by atoms with Gasteiger partial charge in [0, 0.05) is 21.3 Å². The SMILES string of the molecule is COc1ccc2c(c1)[C@@H](O)CC(c1cc(Br)c(Br)s1)O2. The molecule has 1 aromatic carbocycles. The van der Waals surface area contributed by atoms with Crippen LogP contribution in [-0.2, 0) is 0 Å². The van der Waals surface area contributed by atoms with Crippen molar-refractivity contribution in [3.05, 3.63) is 43.0 Å². The highest BCUT2D eigenvalue weighted by atomic mass is 79.9. The minimum Gasteiger partial charge on any atom is -0.497 e. The summed E-state index contributed by atoms with van der Waals surface area (Å²) >= 11 is 8.58. The quantitative estimate of drug-likeness (QED) is 0.756. The van der Waals surface area contributed by atoms with E-state index in [1.807, 2.05) is 24.3 Å². The van der Waals surface area contributed by atoms with E-state index in [9.17, 15) is 5.11 Å². The molecule has 2 atom stereocenters. The third-order valence-corrected chi connectivity index (χ3v) is 6.61. The predicted molar refractivity (Wildman–Crippen MR) is 85.7 cm³/mol. The lowest BCUT2D eigenvalue weighted by atomic mass is 9.98. The monoisotopic (exact) mass is 418 g/mol. The molecule has 0 bridgehead atoms. The second-order valence-electron chi connectivity index (χ2n) is 4.53. The molecule has 1 N–H and O–H groups in total. The van der Waals surface area contributed by atoms with Crippen LogP contribution in [0.2, 0.25) is 0 Å². The largest absolute Gasteiger partial charge is 0.497 e. The Morgan fingerprint density at radius 2 is 2.15 bits per heavy atom. The van der Waals surface area contributed by atoms with E-state index in [0.717, 1.165) is 30.2 Å². The summed E-state index contributed by atoms with van der Waals surface area (Å²) in [5, 5.41) is 10.3. The lowest BCUT2D eigenvalue weighted by Crippen LogP contribution is -2.18. The Kier molecular flexibility index (Phi) is 4.08. The summed E-state index contributed by atoms with van der Waals surface area (Å²) in [5.74, 6) is 1.45. The zero-order valence-corrected chi connectivity index (χ0v) is 14.6. The van der Waals surface area contributed by atoms with Crippen molar-refractivity contribution in [1.29, 1.82) is 0 Å². The first-order valence-corrected chi connectivity index (χ1v) is 8.46. The standard InChI is InChI=1S/C14H12Br2O3S/c1-18-7-2-3-11-8(4-7)10(17)6-12(19-11)13-5-9(15)14(16)20-13/h2-5,10,12,17H,6H2,1H3/t10-,12?/m0/s1. The van der Waals surface area contributed by atoms with Gasteiger partial charge in [-0.25, -0.2) is 0 Å². The van der Waals surface area contributed by atoms with Gasteiger partial charge in [-0.15, -0.1) is 11.3 Å². The fraction of sp³-hybridized carbons (Fsp3) is 0.286. The lowest BCUT2D eigenvalue weighted by molar-refractivity contribution is 0.0671. The van der Waals surface area contributed by atoms with Crippen LogP contribution >= 0.6 is 43.2 Å². The number of ether oxygens (including phenoxy) is 2.